The van der Waals surface area contributed by atoms with Gasteiger partial charge in [0.25, 0.3) is 5.91 Å². The van der Waals surface area contributed by atoms with E-state index in [4.69, 9.17) is 9.47 Å². The van der Waals surface area contributed by atoms with Crippen LogP contribution in [0.2, 0.25) is 0 Å². The summed E-state index contributed by atoms with van der Waals surface area (Å²) in [4.78, 5) is 21.7. The number of amides is 1. The summed E-state index contributed by atoms with van der Waals surface area (Å²) in [7, 11) is 0. The summed E-state index contributed by atoms with van der Waals surface area (Å²) in [6.07, 6.45) is 1.71. The zero-order valence-corrected chi connectivity index (χ0v) is 16.8. The summed E-state index contributed by atoms with van der Waals surface area (Å²) in [5, 5.41) is 6.06. The molecule has 0 atom stereocenters. The van der Waals surface area contributed by atoms with E-state index in [1.807, 2.05) is 43.3 Å². The molecule has 0 saturated carbocycles. The lowest BCUT2D eigenvalue weighted by Gasteiger charge is -2.13. The van der Waals surface area contributed by atoms with Gasteiger partial charge in [-0.05, 0) is 67.4 Å². The van der Waals surface area contributed by atoms with E-state index in [-0.39, 0.29) is 12.7 Å². The SMILES string of the molecule is Cc1ccc(NC(=NCc2ccccn2)NC(=O)c2ccc3c(c2)OCO3)cc1C. The van der Waals surface area contributed by atoms with Crippen LogP contribution in [0.15, 0.2) is 65.8 Å². The lowest BCUT2D eigenvalue weighted by Crippen LogP contribution is -2.36. The number of hydrogen-bond acceptors (Lipinski definition) is 5. The van der Waals surface area contributed by atoms with Gasteiger partial charge in [0.05, 0.1) is 12.2 Å². The van der Waals surface area contributed by atoms with Gasteiger partial charge < -0.3 is 14.8 Å². The van der Waals surface area contributed by atoms with Gasteiger partial charge in [-0.25, -0.2) is 4.99 Å². The second-order valence-corrected chi connectivity index (χ2v) is 6.93. The molecule has 152 valence electrons. The van der Waals surface area contributed by atoms with Crippen molar-refractivity contribution >= 4 is 17.6 Å². The third-order valence-electron chi connectivity index (χ3n) is 4.76. The van der Waals surface area contributed by atoms with Gasteiger partial charge in [-0.15, -0.1) is 0 Å². The number of carbonyl (C=O) groups excluding carboxylic acids is 1. The molecule has 0 saturated heterocycles. The summed E-state index contributed by atoms with van der Waals surface area (Å²) >= 11 is 0. The maximum Gasteiger partial charge on any atom is 0.258 e. The number of rotatable bonds is 4. The van der Waals surface area contributed by atoms with Crippen molar-refractivity contribution in [2.45, 2.75) is 20.4 Å². The number of anilines is 1. The van der Waals surface area contributed by atoms with E-state index in [2.05, 4.69) is 27.5 Å². The van der Waals surface area contributed by atoms with Crippen molar-refractivity contribution in [2.24, 2.45) is 4.99 Å². The normalized spacial score (nSPS) is 12.5. The van der Waals surface area contributed by atoms with E-state index in [1.54, 1.807) is 24.4 Å². The van der Waals surface area contributed by atoms with Crippen LogP contribution in [0.3, 0.4) is 0 Å². The number of nitrogens with zero attached hydrogens (tertiary/aromatic N) is 2. The molecule has 0 spiro atoms. The van der Waals surface area contributed by atoms with Gasteiger partial charge in [0, 0.05) is 17.4 Å². The van der Waals surface area contributed by atoms with Crippen molar-refractivity contribution in [1.82, 2.24) is 10.3 Å². The molecule has 2 aromatic carbocycles. The molecule has 0 aliphatic carbocycles. The molecule has 1 aliphatic heterocycles. The summed E-state index contributed by atoms with van der Waals surface area (Å²) in [5.41, 5.74) is 4.42. The smallest absolute Gasteiger partial charge is 0.258 e. The third-order valence-corrected chi connectivity index (χ3v) is 4.76. The van der Waals surface area contributed by atoms with Crippen LogP contribution >= 0.6 is 0 Å². The van der Waals surface area contributed by atoms with Crippen molar-refractivity contribution < 1.29 is 14.3 Å². The van der Waals surface area contributed by atoms with Gasteiger partial charge in [0.15, 0.2) is 11.5 Å². The van der Waals surface area contributed by atoms with Crippen molar-refractivity contribution in [3.8, 4) is 11.5 Å². The van der Waals surface area contributed by atoms with E-state index >= 15 is 0 Å². The van der Waals surface area contributed by atoms with Crippen LogP contribution in [-0.2, 0) is 6.54 Å². The Morgan fingerprint density at radius 2 is 1.90 bits per heavy atom. The second-order valence-electron chi connectivity index (χ2n) is 6.93. The molecule has 0 bridgehead atoms. The molecule has 0 fully saturated rings. The monoisotopic (exact) mass is 402 g/mol. The number of ether oxygens (including phenoxy) is 2. The molecule has 4 rings (SSSR count). The fourth-order valence-corrected chi connectivity index (χ4v) is 2.94. The molecule has 0 unspecified atom stereocenters. The number of carbonyl (C=O) groups is 1. The van der Waals surface area contributed by atoms with E-state index in [0.717, 1.165) is 16.9 Å². The average Bonchev–Trinajstić information content (AvgIpc) is 3.23. The van der Waals surface area contributed by atoms with E-state index in [1.165, 1.54) is 5.56 Å². The maximum atomic E-state index is 12.8. The minimum Gasteiger partial charge on any atom is -0.454 e. The Morgan fingerprint density at radius 3 is 2.70 bits per heavy atom. The average molecular weight is 402 g/mol. The number of aromatic nitrogens is 1. The number of fused-ring (bicyclic) bond motifs is 1. The summed E-state index contributed by atoms with van der Waals surface area (Å²) in [6, 6.07) is 16.7. The Balaban J connectivity index is 1.55. The molecule has 1 aliphatic rings. The highest BCUT2D eigenvalue weighted by atomic mass is 16.7. The number of guanidine groups is 1. The third kappa shape index (κ3) is 4.57. The van der Waals surface area contributed by atoms with Crippen LogP contribution in [0, 0.1) is 13.8 Å². The number of aliphatic imine (C=N–C) groups is 1. The number of benzene rings is 2. The van der Waals surface area contributed by atoms with Crippen LogP contribution < -0.4 is 20.1 Å². The Labute approximate surface area is 174 Å². The lowest BCUT2D eigenvalue weighted by atomic mass is 10.1. The maximum absolute atomic E-state index is 12.8. The van der Waals surface area contributed by atoms with E-state index in [0.29, 0.717) is 29.6 Å². The van der Waals surface area contributed by atoms with Crippen LogP contribution in [0.4, 0.5) is 5.69 Å². The van der Waals surface area contributed by atoms with Gasteiger partial charge in [-0.1, -0.05) is 12.1 Å². The van der Waals surface area contributed by atoms with Gasteiger partial charge in [-0.2, -0.15) is 0 Å². The topological polar surface area (TPSA) is 84.8 Å². The molecular weight excluding hydrogens is 380 g/mol. The lowest BCUT2D eigenvalue weighted by molar-refractivity contribution is 0.0976. The van der Waals surface area contributed by atoms with E-state index in [9.17, 15) is 4.79 Å². The van der Waals surface area contributed by atoms with Crippen molar-refractivity contribution in [3.63, 3.8) is 0 Å². The minimum atomic E-state index is -0.301. The molecule has 1 aromatic heterocycles. The van der Waals surface area contributed by atoms with Gasteiger partial charge in [0.1, 0.15) is 0 Å². The van der Waals surface area contributed by atoms with Crippen LogP contribution in [0.1, 0.15) is 27.2 Å². The van der Waals surface area contributed by atoms with Crippen molar-refractivity contribution in [3.05, 3.63) is 83.2 Å². The fourth-order valence-electron chi connectivity index (χ4n) is 2.94. The van der Waals surface area contributed by atoms with Crippen molar-refractivity contribution in [1.29, 1.82) is 0 Å². The van der Waals surface area contributed by atoms with E-state index < -0.39 is 0 Å². The molecule has 7 heteroatoms. The number of pyridine rings is 1. The highest BCUT2D eigenvalue weighted by molar-refractivity contribution is 6.10. The Bertz CT molecular complexity index is 1100. The molecule has 0 radical (unpaired) electrons. The first-order chi connectivity index (χ1) is 14.6. The number of hydrogen-bond donors (Lipinski definition) is 2. The number of nitrogens with one attached hydrogen (secondary N) is 2. The molecule has 3 aromatic rings. The fraction of sp³-hybridized carbons (Fsp3) is 0.174. The van der Waals surface area contributed by atoms with Crippen LogP contribution in [0.25, 0.3) is 0 Å². The first-order valence-electron chi connectivity index (χ1n) is 9.58. The highest BCUT2D eigenvalue weighted by Gasteiger charge is 2.17. The van der Waals surface area contributed by atoms with Gasteiger partial charge in [-0.3, -0.25) is 15.1 Å². The highest BCUT2D eigenvalue weighted by Crippen LogP contribution is 2.32. The molecule has 1 amide bonds. The predicted octanol–water partition coefficient (Wildman–Crippen LogP) is 3.83. The first-order valence-corrected chi connectivity index (χ1v) is 9.58. The zero-order valence-electron chi connectivity index (χ0n) is 16.8. The summed E-state index contributed by atoms with van der Waals surface area (Å²) in [6.45, 7) is 4.58. The quantitative estimate of drug-likeness (QED) is 0.512. The Morgan fingerprint density at radius 1 is 1.03 bits per heavy atom. The number of aryl methyl sites for hydroxylation is 2. The van der Waals surface area contributed by atoms with Gasteiger partial charge >= 0.3 is 0 Å². The van der Waals surface area contributed by atoms with Crippen molar-refractivity contribution in [2.75, 3.05) is 12.1 Å². The minimum absolute atomic E-state index is 0.158. The standard InChI is InChI=1S/C23H22N4O3/c1-15-6-8-18(11-16(15)2)26-23(25-13-19-5-3-4-10-24-19)27-22(28)17-7-9-20-21(12-17)30-14-29-20/h3-12H,13-14H2,1-2H3,(H2,25,26,27,28). The molecular formula is C23H22N4O3. The molecule has 2 heterocycles. The van der Waals surface area contributed by atoms with Crippen LogP contribution in [0.5, 0.6) is 11.5 Å². The predicted molar refractivity (Wildman–Crippen MR) is 115 cm³/mol. The molecule has 30 heavy (non-hydrogen) atoms. The second kappa shape index (κ2) is 8.65. The summed E-state index contributed by atoms with van der Waals surface area (Å²) < 4.78 is 10.7. The Kier molecular flexibility index (Phi) is 5.61. The van der Waals surface area contributed by atoms with Crippen LogP contribution in [-0.4, -0.2) is 23.6 Å². The Hall–Kier alpha value is -3.87. The zero-order chi connectivity index (χ0) is 20.9. The molecule has 2 N–H and O–H groups in total. The molecule has 7 nitrogen and oxygen atoms in total. The largest absolute Gasteiger partial charge is 0.454 e. The summed E-state index contributed by atoms with van der Waals surface area (Å²) in [5.74, 6) is 1.22. The van der Waals surface area contributed by atoms with Gasteiger partial charge in [0.2, 0.25) is 12.8 Å². The first kappa shape index (κ1) is 19.4.